The fraction of sp³-hybridized carbons (Fsp3) is 0.250. The summed E-state index contributed by atoms with van der Waals surface area (Å²) in [6.07, 6.45) is 0. The zero-order chi connectivity index (χ0) is 16.8. The molecule has 0 aliphatic heterocycles. The molecule has 0 unspecified atom stereocenters. The maximum Gasteiger partial charge on any atom is 0.387 e. The molecule has 2 aromatic carbocycles. The molecular formula is C16H15F4NO2. The molecule has 7 heteroatoms. The van der Waals surface area contributed by atoms with Crippen LogP contribution in [0, 0.1) is 11.6 Å². The molecule has 0 aliphatic rings. The number of nitrogens with one attached hydrogen (secondary N) is 1. The lowest BCUT2D eigenvalue weighted by molar-refractivity contribution is -0.0522. The van der Waals surface area contributed by atoms with Crippen molar-refractivity contribution in [2.45, 2.75) is 19.2 Å². The number of alkyl halides is 2. The SMILES string of the molecule is OC[C@@H](NCc1ccc(OC(F)F)c(F)c1)c1ccccc1F. The maximum absolute atomic E-state index is 13.7. The third-order valence-corrected chi connectivity index (χ3v) is 3.23. The van der Waals surface area contributed by atoms with Crippen molar-refractivity contribution >= 4 is 0 Å². The van der Waals surface area contributed by atoms with Gasteiger partial charge in [-0.15, -0.1) is 0 Å². The van der Waals surface area contributed by atoms with Gasteiger partial charge >= 0.3 is 6.61 Å². The number of rotatable bonds is 7. The van der Waals surface area contributed by atoms with Gasteiger partial charge in [-0.05, 0) is 23.8 Å². The van der Waals surface area contributed by atoms with Crippen molar-refractivity contribution in [2.24, 2.45) is 0 Å². The van der Waals surface area contributed by atoms with Crippen LogP contribution in [0.25, 0.3) is 0 Å². The average molecular weight is 329 g/mol. The van der Waals surface area contributed by atoms with Gasteiger partial charge in [0.1, 0.15) is 5.82 Å². The van der Waals surface area contributed by atoms with Crippen LogP contribution >= 0.6 is 0 Å². The van der Waals surface area contributed by atoms with Crippen LogP contribution in [-0.2, 0) is 6.54 Å². The van der Waals surface area contributed by atoms with Crippen LogP contribution in [0.3, 0.4) is 0 Å². The van der Waals surface area contributed by atoms with Crippen molar-refractivity contribution in [3.05, 3.63) is 65.2 Å². The molecule has 3 nitrogen and oxygen atoms in total. The Labute approximate surface area is 130 Å². The van der Waals surface area contributed by atoms with Gasteiger partial charge in [-0.3, -0.25) is 0 Å². The van der Waals surface area contributed by atoms with Gasteiger partial charge < -0.3 is 15.2 Å². The maximum atomic E-state index is 13.7. The molecule has 0 fully saturated rings. The lowest BCUT2D eigenvalue weighted by atomic mass is 10.1. The molecule has 23 heavy (non-hydrogen) atoms. The third kappa shape index (κ3) is 4.67. The number of benzene rings is 2. The van der Waals surface area contributed by atoms with Gasteiger partial charge in [-0.2, -0.15) is 8.78 Å². The van der Waals surface area contributed by atoms with Gasteiger partial charge in [0.05, 0.1) is 12.6 Å². The molecule has 0 aliphatic carbocycles. The first-order valence-electron chi connectivity index (χ1n) is 6.83. The topological polar surface area (TPSA) is 41.5 Å². The standard InChI is InChI=1S/C16H15F4NO2/c17-12-4-2-1-3-11(12)14(9-22)21-8-10-5-6-15(13(18)7-10)23-16(19)20/h1-7,14,16,21-22H,8-9H2/t14-/m1/s1. The Hall–Kier alpha value is -2.12. The predicted molar refractivity (Wildman–Crippen MR) is 76.1 cm³/mol. The third-order valence-electron chi connectivity index (χ3n) is 3.23. The normalized spacial score (nSPS) is 12.4. The fourth-order valence-corrected chi connectivity index (χ4v) is 2.12. The Morgan fingerprint density at radius 1 is 1.04 bits per heavy atom. The van der Waals surface area contributed by atoms with Crippen molar-refractivity contribution in [1.29, 1.82) is 0 Å². The van der Waals surface area contributed by atoms with E-state index in [0.29, 0.717) is 5.56 Å². The second-order valence-corrected chi connectivity index (χ2v) is 4.78. The van der Waals surface area contributed by atoms with Gasteiger partial charge in [-0.1, -0.05) is 24.3 Å². The van der Waals surface area contributed by atoms with E-state index in [1.54, 1.807) is 6.07 Å². The highest BCUT2D eigenvalue weighted by atomic mass is 19.3. The number of aliphatic hydroxyl groups excluding tert-OH is 1. The van der Waals surface area contributed by atoms with Crippen LogP contribution in [0.1, 0.15) is 17.2 Å². The Kier molecular flexibility index (Phi) is 5.95. The van der Waals surface area contributed by atoms with Crippen molar-refractivity contribution in [2.75, 3.05) is 6.61 Å². The molecule has 0 bridgehead atoms. The molecule has 0 amide bonds. The van der Waals surface area contributed by atoms with Gasteiger partial charge in [0, 0.05) is 12.1 Å². The second kappa shape index (κ2) is 7.94. The monoisotopic (exact) mass is 329 g/mol. The summed E-state index contributed by atoms with van der Waals surface area (Å²) in [6.45, 7) is -3.34. The molecule has 0 saturated carbocycles. The molecule has 0 heterocycles. The van der Waals surface area contributed by atoms with Crippen molar-refractivity contribution in [3.8, 4) is 5.75 Å². The minimum absolute atomic E-state index is 0.117. The molecule has 0 spiro atoms. The molecule has 2 aromatic rings. The van der Waals surface area contributed by atoms with E-state index in [9.17, 15) is 22.7 Å². The number of ether oxygens (including phenoxy) is 1. The van der Waals surface area contributed by atoms with E-state index in [2.05, 4.69) is 10.1 Å². The smallest absolute Gasteiger partial charge is 0.387 e. The summed E-state index contributed by atoms with van der Waals surface area (Å²) in [6, 6.07) is 8.85. The molecular weight excluding hydrogens is 314 g/mol. The Bertz CT molecular complexity index is 652. The van der Waals surface area contributed by atoms with Crippen molar-refractivity contribution < 1.29 is 27.4 Å². The number of hydrogen-bond donors (Lipinski definition) is 2. The lowest BCUT2D eigenvalue weighted by Crippen LogP contribution is -2.25. The van der Waals surface area contributed by atoms with E-state index < -0.39 is 30.0 Å². The number of aliphatic hydroxyl groups is 1. The Morgan fingerprint density at radius 3 is 2.39 bits per heavy atom. The summed E-state index contributed by atoms with van der Waals surface area (Å²) < 4.78 is 55.4. The van der Waals surface area contributed by atoms with E-state index >= 15 is 0 Å². The predicted octanol–water partition coefficient (Wildman–Crippen LogP) is 3.39. The Morgan fingerprint density at radius 2 is 1.78 bits per heavy atom. The summed E-state index contributed by atoms with van der Waals surface area (Å²) >= 11 is 0. The van der Waals surface area contributed by atoms with Crippen molar-refractivity contribution in [3.63, 3.8) is 0 Å². The van der Waals surface area contributed by atoms with Crippen molar-refractivity contribution in [1.82, 2.24) is 5.32 Å². The average Bonchev–Trinajstić information content (AvgIpc) is 2.51. The minimum atomic E-state index is -3.10. The molecule has 0 aromatic heterocycles. The lowest BCUT2D eigenvalue weighted by Gasteiger charge is -2.17. The van der Waals surface area contributed by atoms with Crippen LogP contribution in [0.5, 0.6) is 5.75 Å². The van der Waals surface area contributed by atoms with Gasteiger partial charge in [0.15, 0.2) is 11.6 Å². The molecule has 1 atom stereocenters. The number of halogens is 4. The van der Waals surface area contributed by atoms with E-state index in [4.69, 9.17) is 0 Å². The highest BCUT2D eigenvalue weighted by molar-refractivity contribution is 5.29. The summed E-state index contributed by atoms with van der Waals surface area (Å²) in [7, 11) is 0. The first-order valence-corrected chi connectivity index (χ1v) is 6.83. The van der Waals surface area contributed by atoms with Gasteiger partial charge in [0.25, 0.3) is 0 Å². The molecule has 2 N–H and O–H groups in total. The second-order valence-electron chi connectivity index (χ2n) is 4.78. The Balaban J connectivity index is 2.04. The molecule has 124 valence electrons. The molecule has 2 rings (SSSR count). The van der Waals surface area contributed by atoms with Crippen LogP contribution < -0.4 is 10.1 Å². The molecule has 0 radical (unpaired) electrons. The number of hydrogen-bond acceptors (Lipinski definition) is 3. The van der Waals surface area contributed by atoms with Crippen LogP contribution in [0.2, 0.25) is 0 Å². The minimum Gasteiger partial charge on any atom is -0.432 e. The summed E-state index contributed by atoms with van der Waals surface area (Å²) in [5, 5.41) is 12.3. The van der Waals surface area contributed by atoms with E-state index in [0.717, 1.165) is 12.1 Å². The zero-order valence-corrected chi connectivity index (χ0v) is 12.0. The van der Waals surface area contributed by atoms with E-state index in [1.807, 2.05) is 0 Å². The first-order chi connectivity index (χ1) is 11.0. The van der Waals surface area contributed by atoms with Gasteiger partial charge in [-0.25, -0.2) is 8.78 Å². The largest absolute Gasteiger partial charge is 0.432 e. The van der Waals surface area contributed by atoms with Gasteiger partial charge in [0.2, 0.25) is 0 Å². The quantitative estimate of drug-likeness (QED) is 0.765. The highest BCUT2D eigenvalue weighted by Crippen LogP contribution is 2.21. The zero-order valence-electron chi connectivity index (χ0n) is 12.0. The van der Waals surface area contributed by atoms with Crippen LogP contribution in [-0.4, -0.2) is 18.3 Å². The van der Waals surface area contributed by atoms with Crippen LogP contribution in [0.4, 0.5) is 17.6 Å². The molecule has 0 saturated heterocycles. The first kappa shape index (κ1) is 17.2. The van der Waals surface area contributed by atoms with E-state index in [-0.39, 0.29) is 18.7 Å². The summed E-state index contributed by atoms with van der Waals surface area (Å²) in [4.78, 5) is 0. The highest BCUT2D eigenvalue weighted by Gasteiger charge is 2.15. The summed E-state index contributed by atoms with van der Waals surface area (Å²) in [5.74, 6) is -1.93. The van der Waals surface area contributed by atoms with Crippen LogP contribution in [0.15, 0.2) is 42.5 Å². The summed E-state index contributed by atoms with van der Waals surface area (Å²) in [5.41, 5.74) is 0.729. The van der Waals surface area contributed by atoms with E-state index in [1.165, 1.54) is 24.3 Å². The fourth-order valence-electron chi connectivity index (χ4n) is 2.12.